The van der Waals surface area contributed by atoms with Crippen LogP contribution in [-0.4, -0.2) is 80.2 Å². The minimum atomic E-state index is -0.995. The van der Waals surface area contributed by atoms with Crippen LogP contribution in [0.15, 0.2) is 152 Å². The van der Waals surface area contributed by atoms with Crippen LogP contribution in [0.25, 0.3) is 0 Å². The molecule has 1 N–H and O–H groups in total. The normalized spacial score (nSPS) is 27.3. The number of rotatable bonds is 19. The van der Waals surface area contributed by atoms with E-state index in [9.17, 15) is 5.11 Å². The molecule has 0 aromatic heterocycles. The first-order valence-electron chi connectivity index (χ1n) is 20.0. The Hall–Kier alpha value is -4.30. The van der Waals surface area contributed by atoms with Crippen molar-refractivity contribution in [2.24, 2.45) is 0 Å². The van der Waals surface area contributed by atoms with Gasteiger partial charge in [-0.05, 0) is 34.7 Å². The maximum atomic E-state index is 10.7. The summed E-state index contributed by atoms with van der Waals surface area (Å²) in [6.45, 7) is 3.06. The van der Waals surface area contributed by atoms with Gasteiger partial charge in [-0.25, -0.2) is 0 Å². The van der Waals surface area contributed by atoms with Crippen LogP contribution < -0.4 is 0 Å². The average molecular weight is 791 g/mol. The quantitative estimate of drug-likeness (QED) is 0.0911. The molecule has 0 aliphatic carbocycles. The van der Waals surface area contributed by atoms with E-state index in [4.69, 9.17) is 42.6 Å². The fourth-order valence-electron chi connectivity index (χ4n) is 7.42. The Kier molecular flexibility index (Phi) is 15.6. The van der Waals surface area contributed by atoms with E-state index >= 15 is 0 Å². The second-order valence-corrected chi connectivity index (χ2v) is 14.6. The van der Waals surface area contributed by atoms with Crippen molar-refractivity contribution in [3.05, 3.63) is 179 Å². The van der Waals surface area contributed by atoms with Gasteiger partial charge in [-0.1, -0.05) is 152 Å². The zero-order valence-corrected chi connectivity index (χ0v) is 33.1. The van der Waals surface area contributed by atoms with Gasteiger partial charge in [0.25, 0.3) is 0 Å². The summed E-state index contributed by atoms with van der Waals surface area (Å²) in [4.78, 5) is 0. The van der Waals surface area contributed by atoms with Crippen LogP contribution in [-0.2, 0) is 75.7 Å². The van der Waals surface area contributed by atoms with Crippen LogP contribution in [0.2, 0.25) is 0 Å². The van der Waals surface area contributed by atoms with Gasteiger partial charge in [0, 0.05) is 7.11 Å². The van der Waals surface area contributed by atoms with E-state index in [0.717, 1.165) is 27.8 Å². The van der Waals surface area contributed by atoms with Gasteiger partial charge in [0.05, 0.1) is 45.7 Å². The van der Waals surface area contributed by atoms with Crippen LogP contribution in [0.5, 0.6) is 0 Å². The lowest BCUT2D eigenvalue weighted by Gasteiger charge is -2.49. The number of methoxy groups -OCH3 is 1. The van der Waals surface area contributed by atoms with Crippen LogP contribution in [0, 0.1) is 0 Å². The molecule has 0 bridgehead atoms. The molecule has 2 aliphatic rings. The lowest BCUT2D eigenvalue weighted by Crippen LogP contribution is -2.65. The predicted molar refractivity (Wildman–Crippen MR) is 217 cm³/mol. The molecule has 5 aromatic carbocycles. The smallest absolute Gasteiger partial charge is 0.187 e. The van der Waals surface area contributed by atoms with Crippen LogP contribution >= 0.6 is 0 Å². The first-order valence-corrected chi connectivity index (χ1v) is 20.0. The summed E-state index contributed by atoms with van der Waals surface area (Å²) < 4.78 is 59.8. The zero-order chi connectivity index (χ0) is 39.9. The fraction of sp³-hybridized carbons (Fsp3) is 0.375. The third-order valence-electron chi connectivity index (χ3n) is 10.4. The Bertz CT molecular complexity index is 1870. The Morgan fingerprint density at radius 1 is 0.414 bits per heavy atom. The van der Waals surface area contributed by atoms with Crippen molar-refractivity contribution in [3.63, 3.8) is 0 Å². The summed E-state index contributed by atoms with van der Waals surface area (Å²) in [5.74, 6) is 0. The Morgan fingerprint density at radius 3 is 1.14 bits per heavy atom. The number of hydrogen-bond acceptors (Lipinski definition) is 10. The molecule has 10 atom stereocenters. The molecule has 0 saturated carbocycles. The van der Waals surface area contributed by atoms with Crippen molar-refractivity contribution in [2.45, 2.75) is 101 Å². The van der Waals surface area contributed by atoms with Gasteiger partial charge in [-0.2, -0.15) is 0 Å². The minimum absolute atomic E-state index is 0.249. The van der Waals surface area contributed by atoms with Crippen molar-refractivity contribution >= 4 is 0 Å². The predicted octanol–water partition coefficient (Wildman–Crippen LogP) is 7.41. The maximum absolute atomic E-state index is 10.7. The molecule has 0 radical (unpaired) electrons. The molecule has 58 heavy (non-hydrogen) atoms. The van der Waals surface area contributed by atoms with Gasteiger partial charge in [-0.15, -0.1) is 0 Å². The number of aliphatic hydroxyl groups is 1. The molecule has 2 saturated heterocycles. The average Bonchev–Trinajstić information content (AvgIpc) is 3.28. The molecule has 306 valence electrons. The van der Waals surface area contributed by atoms with Crippen LogP contribution in [0.1, 0.15) is 34.7 Å². The third kappa shape index (κ3) is 11.2. The number of ether oxygens (including phenoxy) is 9. The van der Waals surface area contributed by atoms with Crippen molar-refractivity contribution in [1.82, 2.24) is 0 Å². The summed E-state index contributed by atoms with van der Waals surface area (Å²) in [5, 5.41) is 10.7. The molecule has 0 amide bonds. The summed E-state index contributed by atoms with van der Waals surface area (Å²) in [7, 11) is 1.54. The first kappa shape index (κ1) is 41.8. The maximum Gasteiger partial charge on any atom is 0.187 e. The number of aliphatic hydroxyl groups excluding tert-OH is 1. The molecular formula is C48H54O10. The molecule has 2 aliphatic heterocycles. The minimum Gasteiger partial charge on any atom is -0.394 e. The van der Waals surface area contributed by atoms with Crippen molar-refractivity contribution in [2.75, 3.05) is 13.7 Å². The lowest BCUT2D eigenvalue weighted by atomic mass is 9.96. The first-order chi connectivity index (χ1) is 28.6. The van der Waals surface area contributed by atoms with E-state index in [1.54, 1.807) is 7.11 Å². The van der Waals surface area contributed by atoms with E-state index in [1.165, 1.54) is 0 Å². The standard InChI is InChI=1S/C48H54O10/c1-34-41(51-29-35-18-8-3-9-19-35)43(53-31-37-22-12-5-13-23-37)45(55-33-39-26-16-7-17-27-39)48(56-34)58-46-44(54-32-38-24-14-6-15-25-38)42(40(28-49)57-47(46)50-2)52-30-36-20-10-4-11-21-36/h3-27,34,40-49H,28-33H2,1-2H3/t34-,40+,41+,42-,43+,44-,45-,46+,47+,48-/m0/s1. The second-order valence-electron chi connectivity index (χ2n) is 14.6. The molecular weight excluding hydrogens is 737 g/mol. The SMILES string of the molecule is CO[C@@H]1O[C@H](CO)[C@H](OCc2ccccc2)[C@H](OCc2ccccc2)[C@H]1O[C@@H]1O[C@@H](C)[C@@H](OCc2ccccc2)[C@@H](OCc2ccccc2)[C@@H]1OCc1ccccc1. The Balaban J connectivity index is 1.22. The second kappa shape index (κ2) is 21.6. The van der Waals surface area contributed by atoms with E-state index in [0.29, 0.717) is 13.2 Å². The van der Waals surface area contributed by atoms with Crippen molar-refractivity contribution < 1.29 is 47.7 Å². The van der Waals surface area contributed by atoms with Crippen molar-refractivity contribution in [1.29, 1.82) is 0 Å². The monoisotopic (exact) mass is 790 g/mol. The summed E-state index contributed by atoms with van der Waals surface area (Å²) >= 11 is 0. The van der Waals surface area contributed by atoms with E-state index in [1.807, 2.05) is 159 Å². The van der Waals surface area contributed by atoms with E-state index in [-0.39, 0.29) is 26.4 Å². The molecule has 2 fully saturated rings. The Morgan fingerprint density at radius 2 is 0.759 bits per heavy atom. The third-order valence-corrected chi connectivity index (χ3v) is 10.4. The highest BCUT2D eigenvalue weighted by Crippen LogP contribution is 2.36. The van der Waals surface area contributed by atoms with E-state index in [2.05, 4.69) is 0 Å². The number of benzene rings is 5. The van der Waals surface area contributed by atoms with E-state index < -0.39 is 61.4 Å². The summed E-state index contributed by atoms with van der Waals surface area (Å²) in [6, 6.07) is 49.7. The summed E-state index contributed by atoms with van der Waals surface area (Å²) in [5.41, 5.74) is 4.93. The van der Waals surface area contributed by atoms with Gasteiger partial charge < -0.3 is 47.7 Å². The van der Waals surface area contributed by atoms with Gasteiger partial charge in [0.15, 0.2) is 12.6 Å². The molecule has 2 heterocycles. The highest BCUT2D eigenvalue weighted by Gasteiger charge is 2.53. The lowest BCUT2D eigenvalue weighted by molar-refractivity contribution is -0.377. The topological polar surface area (TPSA) is 103 Å². The van der Waals surface area contributed by atoms with Gasteiger partial charge in [0.1, 0.15) is 42.7 Å². The molecule has 10 heteroatoms. The van der Waals surface area contributed by atoms with Crippen LogP contribution in [0.3, 0.4) is 0 Å². The zero-order valence-electron chi connectivity index (χ0n) is 33.1. The fourth-order valence-corrected chi connectivity index (χ4v) is 7.42. The highest BCUT2D eigenvalue weighted by molar-refractivity contribution is 5.17. The van der Waals surface area contributed by atoms with Crippen molar-refractivity contribution in [3.8, 4) is 0 Å². The molecule has 10 nitrogen and oxygen atoms in total. The van der Waals surface area contributed by atoms with Gasteiger partial charge in [-0.3, -0.25) is 0 Å². The highest BCUT2D eigenvalue weighted by atomic mass is 16.8. The molecule has 5 aromatic rings. The molecule has 0 unspecified atom stereocenters. The summed E-state index contributed by atoms with van der Waals surface area (Å²) in [6.07, 6.45) is -7.59. The number of hydrogen-bond donors (Lipinski definition) is 1. The van der Waals surface area contributed by atoms with Gasteiger partial charge in [0.2, 0.25) is 0 Å². The van der Waals surface area contributed by atoms with Gasteiger partial charge >= 0.3 is 0 Å². The molecule has 0 spiro atoms. The van der Waals surface area contributed by atoms with Crippen LogP contribution in [0.4, 0.5) is 0 Å². The largest absolute Gasteiger partial charge is 0.394 e. The Labute approximate surface area is 341 Å². The molecule has 7 rings (SSSR count).